The SMILES string of the molecule is NCCc1ccccc1N(Cc1ccco1)C1CC1. The molecule has 100 valence electrons. The van der Waals surface area contributed by atoms with Crippen molar-refractivity contribution in [2.75, 3.05) is 11.4 Å². The average Bonchev–Trinajstić information content (AvgIpc) is 3.15. The first-order valence-electron chi connectivity index (χ1n) is 6.95. The maximum absolute atomic E-state index is 5.72. The van der Waals surface area contributed by atoms with Gasteiger partial charge in [-0.2, -0.15) is 0 Å². The Hall–Kier alpha value is -1.74. The summed E-state index contributed by atoms with van der Waals surface area (Å²) >= 11 is 0. The standard InChI is InChI=1S/C16H20N2O/c17-10-9-13-4-1-2-6-16(13)18(14-7-8-14)12-15-5-3-11-19-15/h1-6,11,14H,7-10,12,17H2. The molecule has 19 heavy (non-hydrogen) atoms. The van der Waals surface area contributed by atoms with Gasteiger partial charge < -0.3 is 15.1 Å². The van der Waals surface area contributed by atoms with Gasteiger partial charge in [0.2, 0.25) is 0 Å². The topological polar surface area (TPSA) is 42.4 Å². The maximum Gasteiger partial charge on any atom is 0.123 e. The molecule has 0 atom stereocenters. The van der Waals surface area contributed by atoms with Gasteiger partial charge in [-0.25, -0.2) is 0 Å². The maximum atomic E-state index is 5.72. The van der Waals surface area contributed by atoms with Crippen LogP contribution in [0, 0.1) is 0 Å². The first-order chi connectivity index (χ1) is 9.38. The van der Waals surface area contributed by atoms with Crippen LogP contribution < -0.4 is 10.6 Å². The molecule has 0 bridgehead atoms. The van der Waals surface area contributed by atoms with E-state index in [0.29, 0.717) is 12.6 Å². The lowest BCUT2D eigenvalue weighted by Gasteiger charge is -2.26. The van der Waals surface area contributed by atoms with Gasteiger partial charge in [0.05, 0.1) is 12.8 Å². The second-order valence-corrected chi connectivity index (χ2v) is 5.11. The second-order valence-electron chi connectivity index (χ2n) is 5.11. The molecule has 1 aromatic heterocycles. The summed E-state index contributed by atoms with van der Waals surface area (Å²) in [6, 6.07) is 13.2. The van der Waals surface area contributed by atoms with Crippen molar-refractivity contribution in [3.63, 3.8) is 0 Å². The normalized spacial score (nSPS) is 14.6. The highest BCUT2D eigenvalue weighted by atomic mass is 16.3. The number of benzene rings is 1. The molecule has 0 amide bonds. The van der Waals surface area contributed by atoms with Gasteiger partial charge >= 0.3 is 0 Å². The summed E-state index contributed by atoms with van der Waals surface area (Å²) in [5, 5.41) is 0. The van der Waals surface area contributed by atoms with E-state index in [0.717, 1.165) is 18.7 Å². The minimum absolute atomic E-state index is 0.657. The molecule has 2 aromatic rings. The number of hydrogen-bond acceptors (Lipinski definition) is 3. The van der Waals surface area contributed by atoms with Crippen LogP contribution in [0.15, 0.2) is 47.1 Å². The van der Waals surface area contributed by atoms with Crippen LogP contribution in [0.5, 0.6) is 0 Å². The zero-order valence-electron chi connectivity index (χ0n) is 11.1. The van der Waals surface area contributed by atoms with Gasteiger partial charge in [-0.05, 0) is 49.6 Å². The predicted octanol–water partition coefficient (Wildman–Crippen LogP) is 2.95. The molecule has 1 fully saturated rings. The Morgan fingerprint density at radius 1 is 1.16 bits per heavy atom. The molecule has 1 heterocycles. The Kier molecular flexibility index (Phi) is 3.56. The van der Waals surface area contributed by atoms with Gasteiger partial charge in [0.25, 0.3) is 0 Å². The van der Waals surface area contributed by atoms with Gasteiger partial charge in [0.15, 0.2) is 0 Å². The third-order valence-electron chi connectivity index (χ3n) is 3.61. The van der Waals surface area contributed by atoms with Crippen molar-refractivity contribution >= 4 is 5.69 Å². The van der Waals surface area contributed by atoms with Gasteiger partial charge in [0.1, 0.15) is 5.76 Å². The Bertz CT molecular complexity index is 517. The van der Waals surface area contributed by atoms with E-state index in [-0.39, 0.29) is 0 Å². The third-order valence-corrected chi connectivity index (χ3v) is 3.61. The van der Waals surface area contributed by atoms with Crippen LogP contribution >= 0.6 is 0 Å². The summed E-state index contributed by atoms with van der Waals surface area (Å²) < 4.78 is 5.50. The van der Waals surface area contributed by atoms with E-state index in [4.69, 9.17) is 10.2 Å². The van der Waals surface area contributed by atoms with E-state index in [1.807, 2.05) is 12.1 Å². The fourth-order valence-corrected chi connectivity index (χ4v) is 2.53. The number of nitrogens with two attached hydrogens (primary N) is 1. The quantitative estimate of drug-likeness (QED) is 0.864. The Morgan fingerprint density at radius 3 is 2.68 bits per heavy atom. The number of hydrogen-bond donors (Lipinski definition) is 1. The lowest BCUT2D eigenvalue weighted by Crippen LogP contribution is -2.26. The highest BCUT2D eigenvalue weighted by molar-refractivity contribution is 5.55. The summed E-state index contributed by atoms with van der Waals surface area (Å²) in [7, 11) is 0. The predicted molar refractivity (Wildman–Crippen MR) is 77.1 cm³/mol. The molecular weight excluding hydrogens is 236 g/mol. The van der Waals surface area contributed by atoms with Crippen LogP contribution in [0.3, 0.4) is 0 Å². The summed E-state index contributed by atoms with van der Waals surface area (Å²) in [5.41, 5.74) is 8.37. The fourth-order valence-electron chi connectivity index (χ4n) is 2.53. The highest BCUT2D eigenvalue weighted by Crippen LogP contribution is 2.35. The monoisotopic (exact) mass is 256 g/mol. The largest absolute Gasteiger partial charge is 0.467 e. The Balaban J connectivity index is 1.87. The van der Waals surface area contributed by atoms with Crippen molar-refractivity contribution in [3.05, 3.63) is 54.0 Å². The molecule has 0 aliphatic heterocycles. The molecule has 0 spiro atoms. The molecule has 0 unspecified atom stereocenters. The van der Waals surface area contributed by atoms with Gasteiger partial charge in [-0.15, -0.1) is 0 Å². The number of nitrogens with zero attached hydrogens (tertiary/aromatic N) is 1. The number of anilines is 1. The van der Waals surface area contributed by atoms with Crippen LogP contribution in [-0.2, 0) is 13.0 Å². The summed E-state index contributed by atoms with van der Waals surface area (Å²) in [4.78, 5) is 2.46. The summed E-state index contributed by atoms with van der Waals surface area (Å²) in [6.45, 7) is 1.54. The number of furan rings is 1. The minimum Gasteiger partial charge on any atom is -0.467 e. The van der Waals surface area contributed by atoms with Crippen LogP contribution in [0.4, 0.5) is 5.69 Å². The minimum atomic E-state index is 0.657. The van der Waals surface area contributed by atoms with Gasteiger partial charge in [0, 0.05) is 11.7 Å². The molecule has 1 aromatic carbocycles. The zero-order valence-corrected chi connectivity index (χ0v) is 11.1. The summed E-state index contributed by atoms with van der Waals surface area (Å²) in [6.07, 6.45) is 5.22. The van der Waals surface area contributed by atoms with E-state index in [9.17, 15) is 0 Å². The molecule has 1 saturated carbocycles. The van der Waals surface area contributed by atoms with E-state index in [1.165, 1.54) is 24.1 Å². The summed E-state index contributed by atoms with van der Waals surface area (Å²) in [5.74, 6) is 1.02. The first kappa shape index (κ1) is 12.3. The number of rotatable bonds is 6. The highest BCUT2D eigenvalue weighted by Gasteiger charge is 2.30. The van der Waals surface area contributed by atoms with Gasteiger partial charge in [-0.3, -0.25) is 0 Å². The zero-order chi connectivity index (χ0) is 13.1. The average molecular weight is 256 g/mol. The third kappa shape index (κ3) is 2.82. The van der Waals surface area contributed by atoms with Crippen LogP contribution in [-0.4, -0.2) is 12.6 Å². The van der Waals surface area contributed by atoms with Gasteiger partial charge in [-0.1, -0.05) is 18.2 Å². The Labute approximate surface area is 114 Å². The van der Waals surface area contributed by atoms with Crippen molar-refractivity contribution in [2.45, 2.75) is 31.8 Å². The lowest BCUT2D eigenvalue weighted by atomic mass is 10.1. The van der Waals surface area contributed by atoms with E-state index in [1.54, 1.807) is 6.26 Å². The second kappa shape index (κ2) is 5.49. The molecule has 3 nitrogen and oxygen atoms in total. The van der Waals surface area contributed by atoms with E-state index in [2.05, 4.69) is 29.2 Å². The first-order valence-corrected chi connectivity index (χ1v) is 6.95. The molecule has 3 rings (SSSR count). The molecule has 2 N–H and O–H groups in total. The molecule has 0 radical (unpaired) electrons. The van der Waals surface area contributed by atoms with Crippen LogP contribution in [0.1, 0.15) is 24.2 Å². The molecular formula is C16H20N2O. The van der Waals surface area contributed by atoms with Crippen molar-refractivity contribution in [1.29, 1.82) is 0 Å². The molecule has 1 aliphatic rings. The van der Waals surface area contributed by atoms with Crippen molar-refractivity contribution < 1.29 is 4.42 Å². The van der Waals surface area contributed by atoms with E-state index >= 15 is 0 Å². The molecule has 0 saturated heterocycles. The molecule has 1 aliphatic carbocycles. The van der Waals surface area contributed by atoms with Crippen molar-refractivity contribution in [2.24, 2.45) is 5.73 Å². The van der Waals surface area contributed by atoms with Crippen LogP contribution in [0.2, 0.25) is 0 Å². The Morgan fingerprint density at radius 2 is 2.00 bits per heavy atom. The lowest BCUT2D eigenvalue weighted by molar-refractivity contribution is 0.501. The van der Waals surface area contributed by atoms with E-state index < -0.39 is 0 Å². The smallest absolute Gasteiger partial charge is 0.123 e. The van der Waals surface area contributed by atoms with Crippen LogP contribution in [0.25, 0.3) is 0 Å². The molecule has 3 heteroatoms. The van der Waals surface area contributed by atoms with Crippen molar-refractivity contribution in [3.8, 4) is 0 Å². The van der Waals surface area contributed by atoms with Crippen molar-refractivity contribution in [1.82, 2.24) is 0 Å². The fraction of sp³-hybridized carbons (Fsp3) is 0.375. The number of para-hydroxylation sites is 1.